The predicted molar refractivity (Wildman–Crippen MR) is 24.8 cm³/mol. The van der Waals surface area contributed by atoms with Gasteiger partial charge in [-0.1, -0.05) is 0 Å². The smallest absolute Gasteiger partial charge is 0.200 e. The molecule has 0 bridgehead atoms. The molecule has 0 radical (unpaired) electrons. The van der Waals surface area contributed by atoms with E-state index >= 15 is 0 Å². The molecule has 1 aliphatic heterocycles. The Kier molecular flexibility index (Phi) is 1.05. The van der Waals surface area contributed by atoms with Crippen LogP contribution in [-0.4, -0.2) is 6.40 Å². The van der Waals surface area contributed by atoms with E-state index in [0.717, 1.165) is 0 Å². The highest BCUT2D eigenvalue weighted by Crippen LogP contribution is 2.26. The Balaban J connectivity index is 2.32. The molecule has 0 aromatic heterocycles. The molecule has 0 amide bonds. The predicted octanol–water partition coefficient (Wildman–Crippen LogP) is 1.26. The first-order chi connectivity index (χ1) is 2.50. The zero-order valence-electron chi connectivity index (χ0n) is 2.25. The third-order valence-corrected chi connectivity index (χ3v) is 1.27. The second-order valence-electron chi connectivity index (χ2n) is 0.450. The molecular formula is CHNOS2. The van der Waals surface area contributed by atoms with Crippen molar-refractivity contribution >= 4 is 28.5 Å². The zero-order chi connectivity index (χ0) is 3.54. The molecule has 0 aromatic carbocycles. The average Bonchev–Trinajstić information content (AvgIpc) is 1.76. The molecular weight excluding hydrogens is 106 g/mol. The van der Waals surface area contributed by atoms with Gasteiger partial charge in [0.15, 0.2) is 17.5 Å². The lowest BCUT2D eigenvalue weighted by Gasteiger charge is -1.70. The van der Waals surface area contributed by atoms with Gasteiger partial charge in [-0.05, 0) is 0 Å². The van der Waals surface area contributed by atoms with Gasteiger partial charge in [0.05, 0.1) is 11.0 Å². The Bertz CT molecular complexity index is 47.6. The van der Waals surface area contributed by atoms with Crippen molar-refractivity contribution in [2.45, 2.75) is 0 Å². The minimum absolute atomic E-state index is 1.27. The molecule has 0 saturated carbocycles. The summed E-state index contributed by atoms with van der Waals surface area (Å²) < 4.78 is 8.15. The molecule has 0 spiro atoms. The third kappa shape index (κ3) is 0.735. The van der Waals surface area contributed by atoms with Crippen LogP contribution in [0.2, 0.25) is 0 Å². The fourth-order valence-corrected chi connectivity index (χ4v) is 0.791. The lowest BCUT2D eigenvalue weighted by Crippen LogP contribution is -1.55. The van der Waals surface area contributed by atoms with Crippen molar-refractivity contribution in [2.75, 3.05) is 0 Å². The third-order valence-electron chi connectivity index (χ3n) is 0.199. The Hall–Kier alpha value is 0.170. The van der Waals surface area contributed by atoms with Gasteiger partial charge in [0.25, 0.3) is 0 Å². The standard InChI is InChI=1S/CHNOS2/c1-2-4-5-3-1/h1H. The summed E-state index contributed by atoms with van der Waals surface area (Å²) in [5.74, 6) is 0. The molecule has 1 aliphatic rings. The average molecular weight is 107 g/mol. The molecule has 0 atom stereocenters. The molecule has 5 heavy (non-hydrogen) atoms. The number of hydrogen-bond donors (Lipinski definition) is 0. The fraction of sp³-hybridized carbons (Fsp3) is 0. The van der Waals surface area contributed by atoms with E-state index in [1.807, 2.05) is 0 Å². The Morgan fingerprint density at radius 1 is 1.80 bits per heavy atom. The van der Waals surface area contributed by atoms with Crippen LogP contribution in [0, 0.1) is 0 Å². The van der Waals surface area contributed by atoms with Gasteiger partial charge >= 0.3 is 0 Å². The molecule has 0 unspecified atom stereocenters. The zero-order valence-corrected chi connectivity index (χ0v) is 3.88. The van der Waals surface area contributed by atoms with Crippen LogP contribution in [0.1, 0.15) is 0 Å². The molecule has 1 rings (SSSR count). The van der Waals surface area contributed by atoms with E-state index in [9.17, 15) is 0 Å². The van der Waals surface area contributed by atoms with Crippen LogP contribution in [0.25, 0.3) is 0 Å². The van der Waals surface area contributed by atoms with Crippen LogP contribution in [-0.2, 0) is 4.18 Å². The first-order valence-corrected chi connectivity index (χ1v) is 3.04. The number of rotatable bonds is 0. The van der Waals surface area contributed by atoms with Gasteiger partial charge in [-0.15, -0.1) is 0 Å². The maximum absolute atomic E-state index is 4.53. The fourth-order valence-electron chi connectivity index (χ4n) is 0.0878. The van der Waals surface area contributed by atoms with Gasteiger partial charge in [0.2, 0.25) is 0 Å². The molecule has 28 valence electrons. The number of hydrogen-bond acceptors (Lipinski definition) is 4. The molecule has 0 saturated heterocycles. The van der Waals surface area contributed by atoms with Crippen LogP contribution in [0.5, 0.6) is 0 Å². The summed E-state index contributed by atoms with van der Waals surface area (Å²) in [6.07, 6.45) is 1.41. The summed E-state index contributed by atoms with van der Waals surface area (Å²) in [4.78, 5) is 0. The molecule has 0 N–H and O–H groups in total. The molecule has 0 aromatic rings. The Morgan fingerprint density at radius 2 is 2.80 bits per heavy atom. The lowest BCUT2D eigenvalue weighted by atomic mass is 11.6. The molecule has 0 fully saturated rings. The molecule has 4 heteroatoms. The minimum Gasteiger partial charge on any atom is -0.400 e. The van der Waals surface area contributed by atoms with Crippen molar-refractivity contribution < 1.29 is 4.18 Å². The molecule has 0 aliphatic carbocycles. The monoisotopic (exact) mass is 107 g/mol. The maximum Gasteiger partial charge on any atom is 0.200 e. The van der Waals surface area contributed by atoms with Crippen molar-refractivity contribution in [3.8, 4) is 0 Å². The maximum atomic E-state index is 4.53. The first kappa shape index (κ1) is 3.36. The van der Waals surface area contributed by atoms with Crippen LogP contribution in [0.4, 0.5) is 0 Å². The highest BCUT2D eigenvalue weighted by atomic mass is 33.1. The van der Waals surface area contributed by atoms with Crippen molar-refractivity contribution in [3.63, 3.8) is 0 Å². The molecule has 2 nitrogen and oxygen atoms in total. The normalized spacial score (nSPS) is 19.2. The van der Waals surface area contributed by atoms with Gasteiger partial charge in [-0.3, -0.25) is 0 Å². The van der Waals surface area contributed by atoms with Gasteiger partial charge < -0.3 is 4.18 Å². The van der Waals surface area contributed by atoms with Crippen LogP contribution in [0.3, 0.4) is 0 Å². The topological polar surface area (TPSA) is 21.6 Å². The van der Waals surface area contributed by atoms with Gasteiger partial charge in [0, 0.05) is 0 Å². The van der Waals surface area contributed by atoms with E-state index in [2.05, 4.69) is 8.58 Å². The summed E-state index contributed by atoms with van der Waals surface area (Å²) in [6.45, 7) is 0. The summed E-state index contributed by atoms with van der Waals surface area (Å²) >= 11 is 1.27. The summed E-state index contributed by atoms with van der Waals surface area (Å²) in [6, 6.07) is 0. The number of nitrogens with zero attached hydrogens (tertiary/aromatic N) is 1. The first-order valence-electron chi connectivity index (χ1n) is 1.01. The van der Waals surface area contributed by atoms with E-state index in [4.69, 9.17) is 0 Å². The summed E-state index contributed by atoms with van der Waals surface area (Å²) in [5, 5.41) is 0. The van der Waals surface area contributed by atoms with Crippen LogP contribution >= 0.6 is 22.1 Å². The second-order valence-corrected chi connectivity index (χ2v) is 1.99. The highest BCUT2D eigenvalue weighted by molar-refractivity contribution is 8.74. The largest absolute Gasteiger partial charge is 0.400 e. The quantitative estimate of drug-likeness (QED) is 0.264. The van der Waals surface area contributed by atoms with E-state index in [-0.39, 0.29) is 0 Å². The van der Waals surface area contributed by atoms with Gasteiger partial charge in [0.1, 0.15) is 0 Å². The van der Waals surface area contributed by atoms with E-state index < -0.39 is 0 Å². The minimum atomic E-state index is 1.27. The Labute approximate surface area is 37.7 Å². The Morgan fingerprint density at radius 3 is 3.00 bits per heavy atom. The molecule has 1 heterocycles. The lowest BCUT2D eigenvalue weighted by molar-refractivity contribution is 0.692. The summed E-state index contributed by atoms with van der Waals surface area (Å²) in [7, 11) is 1.34. The van der Waals surface area contributed by atoms with E-state index in [1.165, 1.54) is 28.5 Å². The summed E-state index contributed by atoms with van der Waals surface area (Å²) in [5.41, 5.74) is 0. The van der Waals surface area contributed by atoms with E-state index in [0.29, 0.717) is 0 Å². The van der Waals surface area contributed by atoms with Gasteiger partial charge in [-0.2, -0.15) is 4.40 Å². The van der Waals surface area contributed by atoms with Crippen molar-refractivity contribution in [1.29, 1.82) is 0 Å². The second kappa shape index (κ2) is 1.57. The van der Waals surface area contributed by atoms with Crippen molar-refractivity contribution in [2.24, 2.45) is 4.40 Å². The van der Waals surface area contributed by atoms with Crippen molar-refractivity contribution in [3.05, 3.63) is 0 Å². The van der Waals surface area contributed by atoms with E-state index in [1.54, 1.807) is 0 Å². The van der Waals surface area contributed by atoms with Crippen LogP contribution < -0.4 is 0 Å². The van der Waals surface area contributed by atoms with Crippen molar-refractivity contribution in [1.82, 2.24) is 0 Å². The van der Waals surface area contributed by atoms with Crippen LogP contribution in [0.15, 0.2) is 4.40 Å². The SMILES string of the molecule is C1=NSSO1. The highest BCUT2D eigenvalue weighted by Gasteiger charge is 1.89. The van der Waals surface area contributed by atoms with Gasteiger partial charge in [-0.25, -0.2) is 0 Å².